The predicted octanol–water partition coefficient (Wildman–Crippen LogP) is 1.93. The van der Waals surface area contributed by atoms with Crippen LogP contribution in [-0.4, -0.2) is 37.2 Å². The number of hydrogen-bond donors (Lipinski definition) is 2. The summed E-state index contributed by atoms with van der Waals surface area (Å²) in [6.07, 6.45) is 0. The molecule has 100 valence electrons. The lowest BCUT2D eigenvalue weighted by Gasteiger charge is -2.23. The zero-order valence-electron chi connectivity index (χ0n) is 11.0. The minimum atomic E-state index is -0.404. The van der Waals surface area contributed by atoms with Crippen LogP contribution < -0.4 is 10.6 Å². The van der Waals surface area contributed by atoms with Crippen LogP contribution in [-0.2, 0) is 4.74 Å². The molecule has 0 aliphatic rings. The van der Waals surface area contributed by atoms with E-state index in [-0.39, 0.29) is 11.1 Å². The number of methoxy groups -OCH3 is 1. The molecule has 0 bridgehead atoms. The quantitative estimate of drug-likeness (QED) is 0.804. The molecular weight excluding hydrogens is 254 g/mol. The standard InChI is InChI=1S/C12H18ClN3O2/c1-12(2,18-4)7-15-11(17)8-5-9(13)16-10(6-8)14-3/h5-6H,7H2,1-4H3,(H,14,16)(H,15,17). The van der Waals surface area contributed by atoms with E-state index in [4.69, 9.17) is 16.3 Å². The maximum atomic E-state index is 11.9. The summed E-state index contributed by atoms with van der Waals surface area (Å²) in [6, 6.07) is 3.17. The highest BCUT2D eigenvalue weighted by molar-refractivity contribution is 6.29. The highest BCUT2D eigenvalue weighted by atomic mass is 35.5. The van der Waals surface area contributed by atoms with Crippen LogP contribution in [0.4, 0.5) is 5.82 Å². The van der Waals surface area contributed by atoms with E-state index >= 15 is 0 Å². The zero-order valence-corrected chi connectivity index (χ0v) is 11.8. The second kappa shape index (κ2) is 6.02. The molecule has 0 spiro atoms. The largest absolute Gasteiger partial charge is 0.377 e. The first-order chi connectivity index (χ1) is 8.38. The summed E-state index contributed by atoms with van der Waals surface area (Å²) in [7, 11) is 3.32. The van der Waals surface area contributed by atoms with E-state index in [1.54, 1.807) is 20.2 Å². The van der Waals surface area contributed by atoms with Crippen LogP contribution in [0.25, 0.3) is 0 Å². The van der Waals surface area contributed by atoms with Crippen LogP contribution in [0, 0.1) is 0 Å². The number of ether oxygens (including phenoxy) is 1. The van der Waals surface area contributed by atoms with Crippen LogP contribution in [0.2, 0.25) is 5.15 Å². The molecule has 1 amide bonds. The van der Waals surface area contributed by atoms with Gasteiger partial charge in [0.1, 0.15) is 11.0 Å². The molecule has 0 radical (unpaired) electrons. The second-order valence-corrected chi connectivity index (χ2v) is 4.85. The molecule has 5 nitrogen and oxygen atoms in total. The monoisotopic (exact) mass is 271 g/mol. The van der Waals surface area contributed by atoms with Gasteiger partial charge in [0, 0.05) is 26.3 Å². The van der Waals surface area contributed by atoms with Crippen LogP contribution in [0.5, 0.6) is 0 Å². The molecule has 0 unspecified atom stereocenters. The fraction of sp³-hybridized carbons (Fsp3) is 0.500. The van der Waals surface area contributed by atoms with E-state index in [1.807, 2.05) is 13.8 Å². The molecular formula is C12H18ClN3O2. The van der Waals surface area contributed by atoms with Crippen LogP contribution in [0.1, 0.15) is 24.2 Å². The number of rotatable bonds is 5. The molecule has 1 aromatic rings. The van der Waals surface area contributed by atoms with E-state index in [0.717, 1.165) is 0 Å². The van der Waals surface area contributed by atoms with Gasteiger partial charge in [-0.2, -0.15) is 0 Å². The summed E-state index contributed by atoms with van der Waals surface area (Å²) in [5, 5.41) is 5.91. The van der Waals surface area contributed by atoms with E-state index in [2.05, 4.69) is 15.6 Å². The highest BCUT2D eigenvalue weighted by Crippen LogP contribution is 2.14. The lowest BCUT2D eigenvalue weighted by atomic mass is 10.1. The van der Waals surface area contributed by atoms with Gasteiger partial charge >= 0.3 is 0 Å². The molecule has 0 aliphatic heterocycles. The van der Waals surface area contributed by atoms with E-state index < -0.39 is 5.60 Å². The van der Waals surface area contributed by atoms with Gasteiger partial charge in [-0.3, -0.25) is 4.79 Å². The van der Waals surface area contributed by atoms with Crippen molar-refractivity contribution >= 4 is 23.3 Å². The van der Waals surface area contributed by atoms with Crippen molar-refractivity contribution in [3.05, 3.63) is 22.8 Å². The molecule has 1 rings (SSSR count). The molecule has 1 aromatic heterocycles. The fourth-order valence-electron chi connectivity index (χ4n) is 1.22. The first-order valence-corrected chi connectivity index (χ1v) is 5.94. The zero-order chi connectivity index (χ0) is 13.8. The Labute approximate surface area is 112 Å². The summed E-state index contributed by atoms with van der Waals surface area (Å²) in [5.41, 5.74) is 0.0597. The Morgan fingerprint density at radius 2 is 2.17 bits per heavy atom. The fourth-order valence-corrected chi connectivity index (χ4v) is 1.43. The number of hydrogen-bond acceptors (Lipinski definition) is 4. The van der Waals surface area contributed by atoms with Crippen molar-refractivity contribution in [2.45, 2.75) is 19.4 Å². The van der Waals surface area contributed by atoms with Gasteiger partial charge < -0.3 is 15.4 Å². The number of nitrogens with one attached hydrogen (secondary N) is 2. The Balaban J connectivity index is 2.75. The molecule has 0 fully saturated rings. The van der Waals surface area contributed by atoms with Crippen molar-refractivity contribution in [3.63, 3.8) is 0 Å². The number of nitrogens with zero attached hydrogens (tertiary/aromatic N) is 1. The van der Waals surface area contributed by atoms with Gasteiger partial charge in [0.05, 0.1) is 5.60 Å². The van der Waals surface area contributed by atoms with Crippen LogP contribution in [0.15, 0.2) is 12.1 Å². The smallest absolute Gasteiger partial charge is 0.251 e. The number of pyridine rings is 1. The SMILES string of the molecule is CNc1cc(C(=O)NCC(C)(C)OC)cc(Cl)n1. The maximum absolute atomic E-state index is 11.9. The first kappa shape index (κ1) is 14.7. The summed E-state index contributed by atoms with van der Waals surface area (Å²) in [4.78, 5) is 16.0. The van der Waals surface area contributed by atoms with Crippen molar-refractivity contribution in [1.82, 2.24) is 10.3 Å². The number of amides is 1. The number of halogens is 1. The summed E-state index contributed by atoms with van der Waals surface area (Å²) >= 11 is 5.83. The molecule has 0 atom stereocenters. The van der Waals surface area contributed by atoms with Gasteiger partial charge in [-0.05, 0) is 26.0 Å². The minimum Gasteiger partial charge on any atom is -0.377 e. The summed E-state index contributed by atoms with van der Waals surface area (Å²) in [5.74, 6) is 0.347. The Morgan fingerprint density at radius 3 is 2.72 bits per heavy atom. The third kappa shape index (κ3) is 4.16. The van der Waals surface area contributed by atoms with Gasteiger partial charge in [-0.1, -0.05) is 11.6 Å². The summed E-state index contributed by atoms with van der Waals surface area (Å²) in [6.45, 7) is 4.20. The van der Waals surface area contributed by atoms with Gasteiger partial charge in [0.15, 0.2) is 0 Å². The van der Waals surface area contributed by atoms with E-state index in [1.165, 1.54) is 6.07 Å². The molecule has 0 saturated heterocycles. The predicted molar refractivity (Wildman–Crippen MR) is 72.2 cm³/mol. The van der Waals surface area contributed by atoms with Crippen molar-refractivity contribution in [2.75, 3.05) is 26.0 Å². The van der Waals surface area contributed by atoms with Gasteiger partial charge in [-0.15, -0.1) is 0 Å². The average Bonchev–Trinajstić information content (AvgIpc) is 2.35. The van der Waals surface area contributed by atoms with Crippen molar-refractivity contribution in [2.24, 2.45) is 0 Å². The van der Waals surface area contributed by atoms with Gasteiger partial charge in [0.25, 0.3) is 5.91 Å². The Bertz CT molecular complexity index is 435. The third-order valence-electron chi connectivity index (χ3n) is 2.54. The lowest BCUT2D eigenvalue weighted by molar-refractivity contribution is 0.0229. The second-order valence-electron chi connectivity index (χ2n) is 4.46. The highest BCUT2D eigenvalue weighted by Gasteiger charge is 2.18. The number of anilines is 1. The molecule has 0 aliphatic carbocycles. The first-order valence-electron chi connectivity index (χ1n) is 5.56. The molecule has 0 saturated carbocycles. The van der Waals surface area contributed by atoms with E-state index in [9.17, 15) is 4.79 Å². The topological polar surface area (TPSA) is 63.2 Å². The Kier molecular flexibility index (Phi) is 4.93. The van der Waals surface area contributed by atoms with Crippen molar-refractivity contribution in [1.29, 1.82) is 0 Å². The number of aromatic nitrogens is 1. The van der Waals surface area contributed by atoms with Gasteiger partial charge in [-0.25, -0.2) is 4.98 Å². The maximum Gasteiger partial charge on any atom is 0.251 e. The molecule has 2 N–H and O–H groups in total. The number of carbonyl (C=O) groups excluding carboxylic acids is 1. The minimum absolute atomic E-state index is 0.207. The number of carbonyl (C=O) groups is 1. The van der Waals surface area contributed by atoms with Crippen molar-refractivity contribution < 1.29 is 9.53 Å². The lowest BCUT2D eigenvalue weighted by Crippen LogP contribution is -2.39. The van der Waals surface area contributed by atoms with Crippen LogP contribution in [0.3, 0.4) is 0 Å². The molecule has 0 aromatic carbocycles. The van der Waals surface area contributed by atoms with Gasteiger partial charge in [0.2, 0.25) is 0 Å². The molecule has 18 heavy (non-hydrogen) atoms. The molecule has 6 heteroatoms. The van der Waals surface area contributed by atoms with E-state index in [0.29, 0.717) is 17.9 Å². The third-order valence-corrected chi connectivity index (χ3v) is 2.73. The van der Waals surface area contributed by atoms with Crippen LogP contribution >= 0.6 is 11.6 Å². The normalized spacial score (nSPS) is 11.2. The average molecular weight is 272 g/mol. The van der Waals surface area contributed by atoms with Crippen molar-refractivity contribution in [3.8, 4) is 0 Å². The molecule has 1 heterocycles. The Morgan fingerprint density at radius 1 is 1.50 bits per heavy atom. The Hall–Kier alpha value is -1.33. The summed E-state index contributed by atoms with van der Waals surface area (Å²) < 4.78 is 5.23.